The van der Waals surface area contributed by atoms with Crippen LogP contribution in [-0.2, 0) is 16.1 Å². The number of thiophene rings is 1. The average molecular weight is 411 g/mol. The van der Waals surface area contributed by atoms with Crippen LogP contribution in [0.3, 0.4) is 0 Å². The number of likely N-dealkylation sites (tertiary alicyclic amines) is 1. The molecule has 1 fully saturated rings. The van der Waals surface area contributed by atoms with Gasteiger partial charge in [0.05, 0.1) is 35.2 Å². The van der Waals surface area contributed by atoms with Crippen LogP contribution in [0.25, 0.3) is 21.8 Å². The summed E-state index contributed by atoms with van der Waals surface area (Å²) >= 11 is 1.62. The van der Waals surface area contributed by atoms with E-state index in [2.05, 4.69) is 20.4 Å². The number of rotatable bonds is 7. The highest BCUT2D eigenvalue weighted by molar-refractivity contribution is 7.13. The molecule has 2 amide bonds. The van der Waals surface area contributed by atoms with Crippen LogP contribution in [0.4, 0.5) is 0 Å². The minimum absolute atomic E-state index is 0.0494. The molecule has 9 heteroatoms. The van der Waals surface area contributed by atoms with E-state index in [4.69, 9.17) is 0 Å². The van der Waals surface area contributed by atoms with Gasteiger partial charge < -0.3 is 10.2 Å². The molecule has 0 saturated carbocycles. The van der Waals surface area contributed by atoms with Crippen molar-refractivity contribution in [1.29, 1.82) is 0 Å². The fourth-order valence-corrected chi connectivity index (χ4v) is 4.29. The van der Waals surface area contributed by atoms with Gasteiger partial charge in [0.2, 0.25) is 11.8 Å². The molecule has 1 atom stereocenters. The zero-order valence-corrected chi connectivity index (χ0v) is 16.9. The van der Waals surface area contributed by atoms with Gasteiger partial charge in [0, 0.05) is 37.5 Å². The standard InChI is InChI=1S/C20H22N6O2S/c1-14(25-9-2-5-18(25)27)20(28)23-8-10-26-19(17-4-3-11-29-17)15(12-24-26)16-13-21-6-7-22-16/h3-4,6-7,11-14H,2,5,8-10H2,1H3,(H,23,28)/t14-/m1/s1. The summed E-state index contributed by atoms with van der Waals surface area (Å²) in [6, 6.07) is 3.58. The lowest BCUT2D eigenvalue weighted by Gasteiger charge is -2.23. The molecule has 29 heavy (non-hydrogen) atoms. The predicted molar refractivity (Wildman–Crippen MR) is 110 cm³/mol. The van der Waals surface area contributed by atoms with Crippen molar-refractivity contribution in [1.82, 2.24) is 30.0 Å². The van der Waals surface area contributed by atoms with Gasteiger partial charge in [-0.2, -0.15) is 5.10 Å². The Kier molecular flexibility index (Phi) is 5.66. The normalized spacial score (nSPS) is 14.9. The summed E-state index contributed by atoms with van der Waals surface area (Å²) in [5.41, 5.74) is 2.62. The van der Waals surface area contributed by atoms with Crippen molar-refractivity contribution in [2.75, 3.05) is 13.1 Å². The summed E-state index contributed by atoms with van der Waals surface area (Å²) in [6.07, 6.45) is 8.15. The van der Waals surface area contributed by atoms with E-state index in [0.717, 1.165) is 28.2 Å². The molecule has 8 nitrogen and oxygen atoms in total. The minimum Gasteiger partial charge on any atom is -0.352 e. The van der Waals surface area contributed by atoms with Crippen LogP contribution in [0.1, 0.15) is 19.8 Å². The molecule has 0 unspecified atom stereocenters. The maximum Gasteiger partial charge on any atom is 0.242 e. The van der Waals surface area contributed by atoms with Crippen LogP contribution < -0.4 is 5.32 Å². The van der Waals surface area contributed by atoms with Gasteiger partial charge in [0.25, 0.3) is 0 Å². The van der Waals surface area contributed by atoms with Crippen molar-refractivity contribution in [2.45, 2.75) is 32.4 Å². The third-order valence-corrected chi connectivity index (χ3v) is 5.89. The quantitative estimate of drug-likeness (QED) is 0.645. The highest BCUT2D eigenvalue weighted by atomic mass is 32.1. The maximum atomic E-state index is 12.5. The second-order valence-corrected chi connectivity index (χ2v) is 7.80. The number of nitrogens with zero attached hydrogens (tertiary/aromatic N) is 5. The highest BCUT2D eigenvalue weighted by Gasteiger charge is 2.29. The van der Waals surface area contributed by atoms with Gasteiger partial charge in [0.1, 0.15) is 6.04 Å². The van der Waals surface area contributed by atoms with Crippen LogP contribution >= 0.6 is 11.3 Å². The largest absolute Gasteiger partial charge is 0.352 e. The molecule has 4 rings (SSSR count). The van der Waals surface area contributed by atoms with Crippen molar-refractivity contribution in [3.8, 4) is 21.8 Å². The minimum atomic E-state index is -0.449. The summed E-state index contributed by atoms with van der Waals surface area (Å²) < 4.78 is 1.88. The zero-order valence-electron chi connectivity index (χ0n) is 16.1. The Bertz CT molecular complexity index is 986. The Morgan fingerprint density at radius 2 is 2.24 bits per heavy atom. The van der Waals surface area contributed by atoms with Gasteiger partial charge in [-0.1, -0.05) is 6.07 Å². The van der Waals surface area contributed by atoms with E-state index in [-0.39, 0.29) is 11.8 Å². The molecule has 0 radical (unpaired) electrons. The summed E-state index contributed by atoms with van der Waals surface area (Å²) in [5.74, 6) is -0.0902. The smallest absolute Gasteiger partial charge is 0.242 e. The SMILES string of the molecule is C[C@H](C(=O)NCCn1ncc(-c2cnccn2)c1-c1cccs1)N1CCCC1=O. The molecule has 1 aliphatic heterocycles. The lowest BCUT2D eigenvalue weighted by molar-refractivity contribution is -0.136. The fourth-order valence-electron chi connectivity index (χ4n) is 3.51. The maximum absolute atomic E-state index is 12.5. The lowest BCUT2D eigenvalue weighted by atomic mass is 10.1. The predicted octanol–water partition coefficient (Wildman–Crippen LogP) is 2.20. The zero-order chi connectivity index (χ0) is 20.2. The van der Waals surface area contributed by atoms with E-state index in [9.17, 15) is 9.59 Å². The third-order valence-electron chi connectivity index (χ3n) is 5.01. The Morgan fingerprint density at radius 1 is 1.34 bits per heavy atom. The highest BCUT2D eigenvalue weighted by Crippen LogP contribution is 2.33. The Hall–Kier alpha value is -3.07. The van der Waals surface area contributed by atoms with E-state index in [1.807, 2.05) is 22.2 Å². The van der Waals surface area contributed by atoms with Gasteiger partial charge in [-0.05, 0) is 24.8 Å². The van der Waals surface area contributed by atoms with E-state index in [0.29, 0.717) is 26.1 Å². The topological polar surface area (TPSA) is 93.0 Å². The number of hydrogen-bond acceptors (Lipinski definition) is 6. The summed E-state index contributed by atoms with van der Waals surface area (Å²) in [6.45, 7) is 3.36. The van der Waals surface area contributed by atoms with Crippen LogP contribution in [0.15, 0.2) is 42.3 Å². The molecule has 1 saturated heterocycles. The molecule has 3 aromatic heterocycles. The van der Waals surface area contributed by atoms with Crippen molar-refractivity contribution >= 4 is 23.2 Å². The lowest BCUT2D eigenvalue weighted by Crippen LogP contribution is -2.46. The first kappa shape index (κ1) is 19.3. The van der Waals surface area contributed by atoms with Crippen molar-refractivity contribution in [3.63, 3.8) is 0 Å². The number of nitrogens with one attached hydrogen (secondary N) is 1. The molecule has 0 aromatic carbocycles. The molecule has 0 bridgehead atoms. The molecule has 0 aliphatic carbocycles. The summed E-state index contributed by atoms with van der Waals surface area (Å²) in [5, 5.41) is 9.47. The van der Waals surface area contributed by atoms with E-state index >= 15 is 0 Å². The van der Waals surface area contributed by atoms with Crippen LogP contribution in [0.2, 0.25) is 0 Å². The molecular formula is C20H22N6O2S. The Morgan fingerprint density at radius 3 is 2.93 bits per heavy atom. The van der Waals surface area contributed by atoms with E-state index < -0.39 is 6.04 Å². The van der Waals surface area contributed by atoms with E-state index in [1.54, 1.807) is 47.9 Å². The molecule has 150 valence electrons. The number of aromatic nitrogens is 4. The molecule has 4 heterocycles. The molecule has 0 spiro atoms. The fraction of sp³-hybridized carbons (Fsp3) is 0.350. The Balaban J connectivity index is 1.47. The second-order valence-electron chi connectivity index (χ2n) is 6.86. The van der Waals surface area contributed by atoms with Gasteiger partial charge in [-0.3, -0.25) is 24.2 Å². The average Bonchev–Trinajstić information content (AvgIpc) is 3.48. The number of carbonyl (C=O) groups excluding carboxylic acids is 2. The summed E-state index contributed by atoms with van der Waals surface area (Å²) in [7, 11) is 0. The number of amides is 2. The first-order valence-corrected chi connectivity index (χ1v) is 10.5. The van der Waals surface area contributed by atoms with Crippen LogP contribution in [0.5, 0.6) is 0 Å². The molecule has 1 aliphatic rings. The third kappa shape index (κ3) is 4.04. The second kappa shape index (κ2) is 8.52. The monoisotopic (exact) mass is 410 g/mol. The van der Waals surface area contributed by atoms with E-state index in [1.165, 1.54) is 0 Å². The van der Waals surface area contributed by atoms with Crippen molar-refractivity contribution < 1.29 is 9.59 Å². The number of hydrogen-bond donors (Lipinski definition) is 1. The van der Waals surface area contributed by atoms with Crippen molar-refractivity contribution in [2.24, 2.45) is 0 Å². The molecule has 3 aromatic rings. The van der Waals surface area contributed by atoms with Gasteiger partial charge in [-0.15, -0.1) is 11.3 Å². The first-order valence-electron chi connectivity index (χ1n) is 9.58. The van der Waals surface area contributed by atoms with Gasteiger partial charge >= 0.3 is 0 Å². The first-order chi connectivity index (χ1) is 14.1. The summed E-state index contributed by atoms with van der Waals surface area (Å²) in [4.78, 5) is 35.6. The van der Waals surface area contributed by atoms with Crippen LogP contribution in [0, 0.1) is 0 Å². The number of carbonyl (C=O) groups is 2. The van der Waals surface area contributed by atoms with Gasteiger partial charge in [-0.25, -0.2) is 0 Å². The van der Waals surface area contributed by atoms with Crippen LogP contribution in [-0.4, -0.2) is 55.6 Å². The Labute approximate surface area is 172 Å². The molecular weight excluding hydrogens is 388 g/mol. The molecule has 1 N–H and O–H groups in total. The van der Waals surface area contributed by atoms with Gasteiger partial charge in [0.15, 0.2) is 0 Å². The van der Waals surface area contributed by atoms with Crippen molar-refractivity contribution in [3.05, 3.63) is 42.3 Å².